The molecule has 7 heteroatoms. The molecule has 7 nitrogen and oxygen atoms in total. The van der Waals surface area contributed by atoms with Crippen LogP contribution in [0.1, 0.15) is 42.6 Å². The van der Waals surface area contributed by atoms with Gasteiger partial charge < -0.3 is 9.47 Å². The zero-order valence-electron chi connectivity index (χ0n) is 18.2. The van der Waals surface area contributed by atoms with E-state index in [1.807, 2.05) is 49.6 Å². The zero-order valence-corrected chi connectivity index (χ0v) is 18.2. The molecule has 0 fully saturated rings. The van der Waals surface area contributed by atoms with Crippen LogP contribution in [-0.2, 0) is 22.7 Å². The number of imidazole rings is 1. The number of aromatic nitrogens is 2. The molecule has 4 rings (SSSR count). The SMILES string of the molecule is CCCC(C(=O)NC=O)N1Cc2cc(-c3ncn(CC)c3-c3ccccc3)ccc2C1=O. The van der Waals surface area contributed by atoms with Crippen LogP contribution >= 0.6 is 0 Å². The Morgan fingerprint density at radius 2 is 1.94 bits per heavy atom. The first-order valence-electron chi connectivity index (χ1n) is 10.9. The fourth-order valence-electron chi connectivity index (χ4n) is 4.33. The number of hydrogen-bond donors (Lipinski definition) is 1. The molecule has 3 amide bonds. The number of carbonyl (C=O) groups excluding carboxylic acids is 3. The van der Waals surface area contributed by atoms with Gasteiger partial charge in [0, 0.05) is 29.8 Å². The van der Waals surface area contributed by atoms with Crippen LogP contribution in [0, 0.1) is 0 Å². The smallest absolute Gasteiger partial charge is 0.255 e. The van der Waals surface area contributed by atoms with Gasteiger partial charge in [0.25, 0.3) is 5.91 Å². The lowest BCUT2D eigenvalue weighted by atomic mass is 10.0. The standard InChI is InChI=1S/C25H26N4O3/c1-3-8-21(24(31)27-16-30)29-14-19-13-18(11-12-20(19)25(29)32)22-23(28(4-2)15-26-22)17-9-6-5-7-10-17/h5-7,9-13,15-16,21H,3-4,8,14H2,1-2H3,(H,27,30,31). The van der Waals surface area contributed by atoms with Crippen LogP contribution in [0.2, 0.25) is 0 Å². The average molecular weight is 431 g/mol. The first-order chi connectivity index (χ1) is 15.6. The number of nitrogens with zero attached hydrogens (tertiary/aromatic N) is 3. The molecule has 2 heterocycles. The van der Waals surface area contributed by atoms with E-state index in [4.69, 9.17) is 0 Å². The first kappa shape index (κ1) is 21.5. The van der Waals surface area contributed by atoms with Crippen LogP contribution in [-0.4, -0.2) is 38.7 Å². The summed E-state index contributed by atoms with van der Waals surface area (Å²) in [6, 6.07) is 15.2. The number of benzene rings is 2. The second-order valence-corrected chi connectivity index (χ2v) is 7.83. The third kappa shape index (κ3) is 3.82. The van der Waals surface area contributed by atoms with Crippen molar-refractivity contribution in [2.45, 2.75) is 45.8 Å². The molecule has 0 spiro atoms. The monoisotopic (exact) mass is 430 g/mol. The Morgan fingerprint density at radius 1 is 1.16 bits per heavy atom. The van der Waals surface area contributed by atoms with E-state index in [0.717, 1.165) is 41.0 Å². The Bertz CT molecular complexity index is 1150. The minimum Gasteiger partial charge on any atom is -0.330 e. The maximum Gasteiger partial charge on any atom is 0.255 e. The number of carbonyl (C=O) groups is 3. The molecule has 1 N–H and O–H groups in total. The van der Waals surface area contributed by atoms with Crippen molar-refractivity contribution in [3.8, 4) is 22.5 Å². The molecule has 1 aliphatic rings. The lowest BCUT2D eigenvalue weighted by Gasteiger charge is -2.25. The second-order valence-electron chi connectivity index (χ2n) is 7.83. The molecule has 1 atom stereocenters. The summed E-state index contributed by atoms with van der Waals surface area (Å²) in [5.74, 6) is -0.635. The van der Waals surface area contributed by atoms with Crippen LogP contribution in [0.25, 0.3) is 22.5 Å². The highest BCUT2D eigenvalue weighted by Gasteiger charge is 2.36. The normalized spacial score (nSPS) is 13.7. The Morgan fingerprint density at radius 3 is 2.62 bits per heavy atom. The fourth-order valence-corrected chi connectivity index (χ4v) is 4.33. The van der Waals surface area contributed by atoms with Gasteiger partial charge in [-0.3, -0.25) is 19.7 Å². The van der Waals surface area contributed by atoms with Crippen LogP contribution in [0.4, 0.5) is 0 Å². The average Bonchev–Trinajstić information content (AvgIpc) is 3.39. The Labute approximate surface area is 187 Å². The van der Waals surface area contributed by atoms with Crippen LogP contribution in [0.15, 0.2) is 54.9 Å². The molecule has 0 radical (unpaired) electrons. The van der Waals surface area contributed by atoms with Crippen LogP contribution in [0.3, 0.4) is 0 Å². The maximum atomic E-state index is 13.0. The van der Waals surface area contributed by atoms with Crippen molar-refractivity contribution in [1.29, 1.82) is 0 Å². The summed E-state index contributed by atoms with van der Waals surface area (Å²) in [5, 5.41) is 2.20. The van der Waals surface area contributed by atoms with E-state index in [-0.39, 0.29) is 5.91 Å². The molecule has 32 heavy (non-hydrogen) atoms. The lowest BCUT2D eigenvalue weighted by molar-refractivity contribution is -0.129. The number of hydrogen-bond acceptors (Lipinski definition) is 4. The Balaban J connectivity index is 1.70. The number of fused-ring (bicyclic) bond motifs is 1. The van der Waals surface area contributed by atoms with Gasteiger partial charge in [0.1, 0.15) is 6.04 Å². The van der Waals surface area contributed by atoms with Crippen LogP contribution in [0.5, 0.6) is 0 Å². The van der Waals surface area contributed by atoms with E-state index in [1.54, 1.807) is 4.90 Å². The van der Waals surface area contributed by atoms with Gasteiger partial charge in [-0.1, -0.05) is 49.7 Å². The Hall–Kier alpha value is -3.74. The largest absolute Gasteiger partial charge is 0.330 e. The van der Waals surface area contributed by atoms with E-state index in [1.165, 1.54) is 0 Å². The molecular formula is C25H26N4O3. The van der Waals surface area contributed by atoms with Crippen molar-refractivity contribution in [3.63, 3.8) is 0 Å². The quantitative estimate of drug-likeness (QED) is 0.553. The van der Waals surface area contributed by atoms with Gasteiger partial charge in [0.15, 0.2) is 0 Å². The zero-order chi connectivity index (χ0) is 22.7. The van der Waals surface area contributed by atoms with E-state index in [0.29, 0.717) is 24.9 Å². The number of amides is 3. The van der Waals surface area contributed by atoms with Gasteiger partial charge in [-0.15, -0.1) is 0 Å². The molecule has 0 aliphatic carbocycles. The minimum atomic E-state index is -0.673. The summed E-state index contributed by atoms with van der Waals surface area (Å²) in [5.41, 5.74) is 5.34. The number of aryl methyl sites for hydroxylation is 1. The predicted octanol–water partition coefficient (Wildman–Crippen LogP) is 3.63. The van der Waals surface area contributed by atoms with Crippen molar-refractivity contribution in [1.82, 2.24) is 19.8 Å². The van der Waals surface area contributed by atoms with Gasteiger partial charge in [0.05, 0.1) is 17.7 Å². The van der Waals surface area contributed by atoms with E-state index in [2.05, 4.69) is 33.9 Å². The lowest BCUT2D eigenvalue weighted by Crippen LogP contribution is -2.46. The van der Waals surface area contributed by atoms with Crippen molar-refractivity contribution in [2.75, 3.05) is 0 Å². The fraction of sp³-hybridized carbons (Fsp3) is 0.280. The molecular weight excluding hydrogens is 404 g/mol. The molecule has 3 aromatic rings. The topological polar surface area (TPSA) is 84.3 Å². The predicted molar refractivity (Wildman–Crippen MR) is 122 cm³/mol. The summed E-state index contributed by atoms with van der Waals surface area (Å²) < 4.78 is 2.11. The number of rotatable bonds is 8. The summed E-state index contributed by atoms with van der Waals surface area (Å²) >= 11 is 0. The molecule has 1 aromatic heterocycles. The van der Waals surface area contributed by atoms with Gasteiger partial charge in [-0.2, -0.15) is 0 Å². The second kappa shape index (κ2) is 9.18. The maximum absolute atomic E-state index is 13.0. The molecule has 2 aromatic carbocycles. The third-order valence-electron chi connectivity index (χ3n) is 5.88. The van der Waals surface area contributed by atoms with Crippen molar-refractivity contribution >= 4 is 18.2 Å². The van der Waals surface area contributed by atoms with Crippen molar-refractivity contribution in [2.24, 2.45) is 0 Å². The molecule has 0 saturated heterocycles. The van der Waals surface area contributed by atoms with Gasteiger partial charge in [-0.25, -0.2) is 4.98 Å². The van der Waals surface area contributed by atoms with E-state index < -0.39 is 11.9 Å². The minimum absolute atomic E-state index is 0.187. The molecule has 164 valence electrons. The molecule has 1 aliphatic heterocycles. The van der Waals surface area contributed by atoms with Gasteiger partial charge in [-0.05, 0) is 31.0 Å². The summed E-state index contributed by atoms with van der Waals surface area (Å²) in [6.45, 7) is 5.14. The number of nitrogens with one attached hydrogen (secondary N) is 1. The highest BCUT2D eigenvalue weighted by atomic mass is 16.2. The molecule has 1 unspecified atom stereocenters. The van der Waals surface area contributed by atoms with E-state index >= 15 is 0 Å². The molecule has 0 bridgehead atoms. The number of imide groups is 1. The highest BCUT2D eigenvalue weighted by Crippen LogP contribution is 2.35. The summed E-state index contributed by atoms with van der Waals surface area (Å²) in [6.07, 6.45) is 3.41. The molecule has 0 saturated carbocycles. The van der Waals surface area contributed by atoms with Gasteiger partial charge in [0.2, 0.25) is 12.3 Å². The third-order valence-corrected chi connectivity index (χ3v) is 5.88. The van der Waals surface area contributed by atoms with Crippen LogP contribution < -0.4 is 5.32 Å². The van der Waals surface area contributed by atoms with Gasteiger partial charge >= 0.3 is 0 Å². The van der Waals surface area contributed by atoms with Crippen molar-refractivity contribution < 1.29 is 14.4 Å². The van der Waals surface area contributed by atoms with E-state index in [9.17, 15) is 14.4 Å². The Kier molecular flexibility index (Phi) is 6.16. The summed E-state index contributed by atoms with van der Waals surface area (Å²) in [7, 11) is 0. The summed E-state index contributed by atoms with van der Waals surface area (Å²) in [4.78, 5) is 42.4. The van der Waals surface area contributed by atoms with Crippen molar-refractivity contribution in [3.05, 3.63) is 66.0 Å². The highest BCUT2D eigenvalue weighted by molar-refractivity contribution is 6.02. The first-order valence-corrected chi connectivity index (χ1v) is 10.9.